The van der Waals surface area contributed by atoms with Crippen LogP contribution in [0, 0.1) is 0 Å². The van der Waals surface area contributed by atoms with Crippen LogP contribution in [0.2, 0.25) is 0 Å². The third-order valence-electron chi connectivity index (χ3n) is 2.76. The van der Waals surface area contributed by atoms with Crippen LogP contribution in [0.5, 0.6) is 5.75 Å². The Balaban J connectivity index is 1.61. The van der Waals surface area contributed by atoms with Gasteiger partial charge in [0, 0.05) is 36.0 Å². The van der Waals surface area contributed by atoms with E-state index in [1.807, 2.05) is 42.2 Å². The first-order valence-electron chi connectivity index (χ1n) is 6.62. The molecule has 4 heteroatoms. The normalized spacial score (nSPS) is 11.0. The van der Waals surface area contributed by atoms with Crippen LogP contribution in [0.15, 0.2) is 53.7 Å². The summed E-state index contributed by atoms with van der Waals surface area (Å²) in [5.74, 6) is 2.32. The van der Waals surface area contributed by atoms with Gasteiger partial charge in [-0.3, -0.25) is 9.98 Å². The number of aryl methyl sites for hydroxylation is 1. The average molecular weight is 286 g/mol. The molecule has 2 rings (SSSR count). The number of aliphatic imine (C=N–C) groups is 1. The van der Waals surface area contributed by atoms with Gasteiger partial charge < -0.3 is 5.11 Å². The van der Waals surface area contributed by atoms with Gasteiger partial charge in [0.25, 0.3) is 0 Å². The highest BCUT2D eigenvalue weighted by atomic mass is 32.2. The van der Waals surface area contributed by atoms with Gasteiger partial charge >= 0.3 is 0 Å². The number of benzene rings is 1. The third kappa shape index (κ3) is 5.05. The number of nitrogens with zero attached hydrogens (tertiary/aromatic N) is 2. The average Bonchev–Trinajstić information content (AvgIpc) is 2.49. The number of phenols is 1. The van der Waals surface area contributed by atoms with Crippen molar-refractivity contribution in [3.8, 4) is 5.75 Å². The van der Waals surface area contributed by atoms with Crippen LogP contribution in [0.4, 0.5) is 0 Å². The van der Waals surface area contributed by atoms with E-state index in [2.05, 4.69) is 16.0 Å². The van der Waals surface area contributed by atoms with Crippen LogP contribution in [-0.4, -0.2) is 34.4 Å². The molecule has 1 aromatic carbocycles. The molecule has 0 amide bonds. The fourth-order valence-electron chi connectivity index (χ4n) is 1.70. The molecule has 0 aliphatic carbocycles. The molecular formula is C16H18N2OS. The Morgan fingerprint density at radius 2 is 1.95 bits per heavy atom. The highest BCUT2D eigenvalue weighted by Crippen LogP contribution is 2.12. The van der Waals surface area contributed by atoms with E-state index in [4.69, 9.17) is 0 Å². The van der Waals surface area contributed by atoms with Crippen LogP contribution >= 0.6 is 11.8 Å². The molecule has 1 heterocycles. The molecule has 0 atom stereocenters. The summed E-state index contributed by atoms with van der Waals surface area (Å²) in [6.45, 7) is 0.765. The number of thioether (sulfide) groups is 1. The molecule has 20 heavy (non-hydrogen) atoms. The van der Waals surface area contributed by atoms with E-state index in [9.17, 15) is 5.11 Å². The molecule has 1 aromatic heterocycles. The molecule has 2 aromatic rings. The summed E-state index contributed by atoms with van der Waals surface area (Å²) in [5, 5.41) is 9.57. The standard InChI is InChI=1S/C16H18N2OS/c19-16-7-2-1-5-14(16)13-17-10-12-20-11-8-15-6-3-4-9-18-15/h1-7,9,13,19H,8,10-12H2. The SMILES string of the molecule is Oc1ccccc1C=NCCSCCc1ccccn1. The predicted octanol–water partition coefficient (Wildman–Crippen LogP) is 3.18. The van der Waals surface area contributed by atoms with Crippen molar-refractivity contribution in [1.82, 2.24) is 4.98 Å². The van der Waals surface area contributed by atoms with E-state index in [0.29, 0.717) is 0 Å². The Kier molecular flexibility index (Phi) is 6.11. The first-order chi connectivity index (χ1) is 9.86. The summed E-state index contributed by atoms with van der Waals surface area (Å²) < 4.78 is 0. The lowest BCUT2D eigenvalue weighted by Gasteiger charge is -2.00. The fraction of sp³-hybridized carbons (Fsp3) is 0.250. The van der Waals surface area contributed by atoms with E-state index in [0.717, 1.165) is 35.7 Å². The van der Waals surface area contributed by atoms with Gasteiger partial charge in [0.2, 0.25) is 0 Å². The van der Waals surface area contributed by atoms with Crippen molar-refractivity contribution in [2.75, 3.05) is 18.1 Å². The molecule has 3 nitrogen and oxygen atoms in total. The zero-order valence-electron chi connectivity index (χ0n) is 11.3. The van der Waals surface area contributed by atoms with Crippen molar-refractivity contribution in [2.24, 2.45) is 4.99 Å². The van der Waals surface area contributed by atoms with Gasteiger partial charge in [-0.1, -0.05) is 18.2 Å². The molecular weight excluding hydrogens is 268 g/mol. The molecule has 0 aliphatic heterocycles. The monoisotopic (exact) mass is 286 g/mol. The lowest BCUT2D eigenvalue weighted by atomic mass is 10.2. The second-order valence-electron chi connectivity index (χ2n) is 4.28. The van der Waals surface area contributed by atoms with Crippen molar-refractivity contribution in [1.29, 1.82) is 0 Å². The number of rotatable bonds is 7. The van der Waals surface area contributed by atoms with Crippen LogP contribution < -0.4 is 0 Å². The second-order valence-corrected chi connectivity index (χ2v) is 5.50. The van der Waals surface area contributed by atoms with E-state index in [1.54, 1.807) is 18.3 Å². The Morgan fingerprint density at radius 3 is 2.75 bits per heavy atom. The molecule has 0 spiro atoms. The first-order valence-corrected chi connectivity index (χ1v) is 7.77. The molecule has 0 bridgehead atoms. The topological polar surface area (TPSA) is 45.5 Å². The molecule has 104 valence electrons. The number of hydrogen-bond acceptors (Lipinski definition) is 4. The van der Waals surface area contributed by atoms with Crippen molar-refractivity contribution < 1.29 is 5.11 Å². The van der Waals surface area contributed by atoms with E-state index in [1.165, 1.54) is 0 Å². The van der Waals surface area contributed by atoms with Gasteiger partial charge in [-0.05, 0) is 36.4 Å². The Bertz CT molecular complexity index is 543. The summed E-state index contributed by atoms with van der Waals surface area (Å²) in [7, 11) is 0. The van der Waals surface area contributed by atoms with E-state index in [-0.39, 0.29) is 5.75 Å². The molecule has 0 unspecified atom stereocenters. The molecule has 0 radical (unpaired) electrons. The lowest BCUT2D eigenvalue weighted by Crippen LogP contribution is -1.94. The Labute approximate surface area is 123 Å². The van der Waals surface area contributed by atoms with Crippen LogP contribution in [0.3, 0.4) is 0 Å². The summed E-state index contributed by atoms with van der Waals surface area (Å²) in [6.07, 6.45) is 4.56. The maximum Gasteiger partial charge on any atom is 0.124 e. The van der Waals surface area contributed by atoms with Gasteiger partial charge in [-0.2, -0.15) is 11.8 Å². The molecule has 0 fully saturated rings. The highest BCUT2D eigenvalue weighted by molar-refractivity contribution is 7.99. The van der Waals surface area contributed by atoms with Gasteiger partial charge in [-0.25, -0.2) is 0 Å². The van der Waals surface area contributed by atoms with Gasteiger partial charge in [0.15, 0.2) is 0 Å². The predicted molar refractivity (Wildman–Crippen MR) is 85.8 cm³/mol. The number of phenolic OH excluding ortho intramolecular Hbond substituents is 1. The zero-order chi connectivity index (χ0) is 14.0. The minimum atomic E-state index is 0.277. The smallest absolute Gasteiger partial charge is 0.124 e. The minimum absolute atomic E-state index is 0.277. The first kappa shape index (κ1) is 14.6. The lowest BCUT2D eigenvalue weighted by molar-refractivity contribution is 0.474. The Hall–Kier alpha value is -1.81. The largest absolute Gasteiger partial charge is 0.507 e. The van der Waals surface area contributed by atoms with Gasteiger partial charge in [-0.15, -0.1) is 0 Å². The molecule has 0 saturated heterocycles. The molecule has 1 N–H and O–H groups in total. The number of aromatic hydroxyl groups is 1. The number of aromatic nitrogens is 1. The summed E-state index contributed by atoms with van der Waals surface area (Å²) in [5.41, 5.74) is 1.91. The highest BCUT2D eigenvalue weighted by Gasteiger charge is 1.95. The fourth-order valence-corrected chi connectivity index (χ4v) is 2.49. The van der Waals surface area contributed by atoms with Crippen molar-refractivity contribution >= 4 is 18.0 Å². The van der Waals surface area contributed by atoms with Crippen molar-refractivity contribution in [2.45, 2.75) is 6.42 Å². The molecule has 0 aliphatic rings. The van der Waals surface area contributed by atoms with Crippen LogP contribution in [0.1, 0.15) is 11.3 Å². The van der Waals surface area contributed by atoms with Crippen LogP contribution in [-0.2, 0) is 6.42 Å². The second kappa shape index (κ2) is 8.38. The minimum Gasteiger partial charge on any atom is -0.507 e. The summed E-state index contributed by atoms with van der Waals surface area (Å²) >= 11 is 1.87. The number of hydrogen-bond donors (Lipinski definition) is 1. The van der Waals surface area contributed by atoms with Gasteiger partial charge in [0.1, 0.15) is 5.75 Å². The maximum absolute atomic E-state index is 9.57. The number of pyridine rings is 1. The quantitative estimate of drug-likeness (QED) is 0.628. The summed E-state index contributed by atoms with van der Waals surface area (Å²) in [6, 6.07) is 13.2. The van der Waals surface area contributed by atoms with Crippen LogP contribution in [0.25, 0.3) is 0 Å². The molecule has 0 saturated carbocycles. The van der Waals surface area contributed by atoms with Crippen molar-refractivity contribution in [3.63, 3.8) is 0 Å². The zero-order valence-corrected chi connectivity index (χ0v) is 12.1. The maximum atomic E-state index is 9.57. The Morgan fingerprint density at radius 1 is 1.10 bits per heavy atom. The number of para-hydroxylation sites is 1. The van der Waals surface area contributed by atoms with E-state index >= 15 is 0 Å². The van der Waals surface area contributed by atoms with E-state index < -0.39 is 0 Å². The van der Waals surface area contributed by atoms with Crippen molar-refractivity contribution in [3.05, 3.63) is 59.9 Å². The summed E-state index contributed by atoms with van der Waals surface area (Å²) in [4.78, 5) is 8.62. The van der Waals surface area contributed by atoms with Gasteiger partial charge in [0.05, 0.1) is 0 Å². The third-order valence-corrected chi connectivity index (χ3v) is 3.72.